The lowest BCUT2D eigenvalue weighted by atomic mass is 10.1. The van der Waals surface area contributed by atoms with Crippen molar-refractivity contribution in [3.8, 4) is 11.5 Å². The minimum Gasteiger partial charge on any atom is -0.496 e. The van der Waals surface area contributed by atoms with E-state index in [9.17, 15) is 5.11 Å². The molecule has 0 radical (unpaired) electrons. The quantitative estimate of drug-likeness (QED) is 0.775. The van der Waals surface area contributed by atoms with Crippen LogP contribution in [0.2, 0.25) is 0 Å². The van der Waals surface area contributed by atoms with Gasteiger partial charge in [-0.3, -0.25) is 0 Å². The number of fused-ring (bicyclic) bond motifs is 1. The van der Waals surface area contributed by atoms with Crippen molar-refractivity contribution >= 4 is 16.7 Å². The number of ether oxygens (including phenoxy) is 3. The molecule has 0 amide bonds. The van der Waals surface area contributed by atoms with Crippen LogP contribution in [0.1, 0.15) is 12.5 Å². The zero-order valence-electron chi connectivity index (χ0n) is 15.6. The molecule has 1 saturated heterocycles. The van der Waals surface area contributed by atoms with Crippen molar-refractivity contribution in [1.29, 1.82) is 0 Å². The highest BCUT2D eigenvalue weighted by molar-refractivity contribution is 5.92. The van der Waals surface area contributed by atoms with Gasteiger partial charge in [0.2, 0.25) is 0 Å². The van der Waals surface area contributed by atoms with Crippen molar-refractivity contribution in [1.82, 2.24) is 10.3 Å². The highest BCUT2D eigenvalue weighted by Crippen LogP contribution is 2.35. The van der Waals surface area contributed by atoms with E-state index in [4.69, 9.17) is 19.2 Å². The summed E-state index contributed by atoms with van der Waals surface area (Å²) in [4.78, 5) is 7.18. The van der Waals surface area contributed by atoms with E-state index in [1.54, 1.807) is 14.2 Å². The Labute approximate surface area is 153 Å². The molecule has 2 aromatic rings. The van der Waals surface area contributed by atoms with Gasteiger partial charge in [-0.2, -0.15) is 0 Å². The maximum absolute atomic E-state index is 9.31. The van der Waals surface area contributed by atoms with Crippen LogP contribution in [0.15, 0.2) is 18.2 Å². The molecule has 7 heteroatoms. The number of nitrogens with one attached hydrogen (secondary N) is 1. The second-order valence-electron chi connectivity index (χ2n) is 6.40. The van der Waals surface area contributed by atoms with Gasteiger partial charge in [-0.05, 0) is 25.1 Å². The van der Waals surface area contributed by atoms with Gasteiger partial charge >= 0.3 is 0 Å². The van der Waals surface area contributed by atoms with Crippen molar-refractivity contribution in [2.45, 2.75) is 19.5 Å². The number of morpholine rings is 1. The van der Waals surface area contributed by atoms with Gasteiger partial charge in [-0.1, -0.05) is 0 Å². The van der Waals surface area contributed by atoms with Crippen molar-refractivity contribution in [3.63, 3.8) is 0 Å². The fourth-order valence-corrected chi connectivity index (χ4v) is 3.11. The average molecular weight is 361 g/mol. The minimum atomic E-state index is 0.00967. The lowest BCUT2D eigenvalue weighted by Crippen LogP contribution is -2.38. The summed E-state index contributed by atoms with van der Waals surface area (Å²) in [6, 6.07) is 5.88. The average Bonchev–Trinajstić information content (AvgIpc) is 2.70. The lowest BCUT2D eigenvalue weighted by molar-refractivity contribution is 0.122. The van der Waals surface area contributed by atoms with Crippen LogP contribution in [0.3, 0.4) is 0 Å². The first-order chi connectivity index (χ1) is 12.7. The number of rotatable bonds is 7. The van der Waals surface area contributed by atoms with Crippen molar-refractivity contribution < 1.29 is 19.3 Å². The maximum Gasteiger partial charge on any atom is 0.145 e. The molecule has 1 aromatic heterocycles. The van der Waals surface area contributed by atoms with E-state index in [-0.39, 0.29) is 12.6 Å². The zero-order chi connectivity index (χ0) is 18.5. The van der Waals surface area contributed by atoms with Crippen LogP contribution < -0.4 is 19.7 Å². The molecule has 2 heterocycles. The molecule has 1 fully saturated rings. The minimum absolute atomic E-state index is 0.00967. The number of hydrogen-bond acceptors (Lipinski definition) is 7. The Kier molecular flexibility index (Phi) is 6.13. The first-order valence-electron chi connectivity index (χ1n) is 8.89. The van der Waals surface area contributed by atoms with Crippen LogP contribution in [0.25, 0.3) is 10.9 Å². The molecule has 1 aliphatic heterocycles. The van der Waals surface area contributed by atoms with E-state index < -0.39 is 0 Å². The van der Waals surface area contributed by atoms with E-state index in [0.717, 1.165) is 46.9 Å². The molecule has 0 saturated carbocycles. The molecule has 3 rings (SSSR count). The molecule has 0 aliphatic carbocycles. The van der Waals surface area contributed by atoms with Gasteiger partial charge in [0, 0.05) is 36.6 Å². The number of hydrogen-bond donors (Lipinski definition) is 2. The number of nitrogens with zero attached hydrogens (tertiary/aromatic N) is 2. The molecule has 0 spiro atoms. The molecule has 26 heavy (non-hydrogen) atoms. The molecule has 1 aliphatic rings. The van der Waals surface area contributed by atoms with Gasteiger partial charge in [-0.25, -0.2) is 4.98 Å². The van der Waals surface area contributed by atoms with Crippen LogP contribution in [-0.2, 0) is 11.3 Å². The lowest BCUT2D eigenvalue weighted by Gasteiger charge is -2.30. The standard InChI is InChI=1S/C19H27N3O4/c1-13(12-23)20-11-14-10-15-16(24-2)4-5-17(25-3)18(15)21-19(14)22-6-8-26-9-7-22/h4-5,10,13,20,23H,6-9,11-12H2,1-3H3. The summed E-state index contributed by atoms with van der Waals surface area (Å²) in [7, 11) is 3.30. The molecule has 1 unspecified atom stereocenters. The first kappa shape index (κ1) is 18.7. The Morgan fingerprint density at radius 2 is 1.92 bits per heavy atom. The number of aromatic nitrogens is 1. The van der Waals surface area contributed by atoms with Crippen LogP contribution in [0.5, 0.6) is 11.5 Å². The van der Waals surface area contributed by atoms with E-state index in [1.807, 2.05) is 19.1 Å². The summed E-state index contributed by atoms with van der Waals surface area (Å²) in [5, 5.41) is 13.6. The predicted molar refractivity (Wildman–Crippen MR) is 101 cm³/mol. The third kappa shape index (κ3) is 3.85. The number of benzene rings is 1. The molecular formula is C19H27N3O4. The van der Waals surface area contributed by atoms with E-state index in [2.05, 4.69) is 16.3 Å². The number of anilines is 1. The summed E-state index contributed by atoms with van der Waals surface area (Å²) in [5.74, 6) is 2.40. The molecule has 142 valence electrons. The third-order valence-electron chi connectivity index (χ3n) is 4.63. The highest BCUT2D eigenvalue weighted by atomic mass is 16.5. The predicted octanol–water partition coefficient (Wildman–Crippen LogP) is 1.56. The maximum atomic E-state index is 9.31. The number of aliphatic hydroxyl groups excluding tert-OH is 1. The summed E-state index contributed by atoms with van der Waals surface area (Å²) in [6.45, 7) is 5.62. The van der Waals surface area contributed by atoms with Gasteiger partial charge in [-0.15, -0.1) is 0 Å². The van der Waals surface area contributed by atoms with Gasteiger partial charge < -0.3 is 29.5 Å². The van der Waals surface area contributed by atoms with Crippen molar-refractivity contribution in [2.75, 3.05) is 52.0 Å². The largest absolute Gasteiger partial charge is 0.496 e. The zero-order valence-corrected chi connectivity index (χ0v) is 15.6. The number of pyridine rings is 1. The molecule has 0 bridgehead atoms. The van der Waals surface area contributed by atoms with Crippen molar-refractivity contribution in [3.05, 3.63) is 23.8 Å². The Bertz CT molecular complexity index is 747. The van der Waals surface area contributed by atoms with Crippen LogP contribution >= 0.6 is 0 Å². The number of aliphatic hydroxyl groups is 1. The molecule has 7 nitrogen and oxygen atoms in total. The van der Waals surface area contributed by atoms with Gasteiger partial charge in [0.1, 0.15) is 22.8 Å². The fourth-order valence-electron chi connectivity index (χ4n) is 3.11. The summed E-state index contributed by atoms with van der Waals surface area (Å²) < 4.78 is 16.5. The molecule has 1 atom stereocenters. The SMILES string of the molecule is COc1ccc(OC)c2nc(N3CCOCC3)c(CNC(C)CO)cc12. The second-order valence-corrected chi connectivity index (χ2v) is 6.40. The van der Waals surface area contributed by atoms with Gasteiger partial charge in [0.15, 0.2) is 0 Å². The first-order valence-corrected chi connectivity index (χ1v) is 8.89. The smallest absolute Gasteiger partial charge is 0.145 e. The molecule has 1 aromatic carbocycles. The Balaban J connectivity index is 2.10. The second kappa shape index (κ2) is 8.53. The van der Waals surface area contributed by atoms with E-state index >= 15 is 0 Å². The normalized spacial score (nSPS) is 15.9. The van der Waals surface area contributed by atoms with Gasteiger partial charge in [0.25, 0.3) is 0 Å². The Hall–Kier alpha value is -2.09. The number of methoxy groups -OCH3 is 2. The van der Waals surface area contributed by atoms with E-state index in [0.29, 0.717) is 19.8 Å². The van der Waals surface area contributed by atoms with Crippen LogP contribution in [-0.4, -0.2) is 63.3 Å². The summed E-state index contributed by atoms with van der Waals surface area (Å²) in [5.41, 5.74) is 1.85. The van der Waals surface area contributed by atoms with Crippen molar-refractivity contribution in [2.24, 2.45) is 0 Å². The molecule has 2 N–H and O–H groups in total. The van der Waals surface area contributed by atoms with Crippen LogP contribution in [0.4, 0.5) is 5.82 Å². The highest BCUT2D eigenvalue weighted by Gasteiger charge is 2.20. The monoisotopic (exact) mass is 361 g/mol. The Morgan fingerprint density at radius 1 is 1.23 bits per heavy atom. The fraction of sp³-hybridized carbons (Fsp3) is 0.526. The van der Waals surface area contributed by atoms with Crippen LogP contribution in [0, 0.1) is 0 Å². The topological polar surface area (TPSA) is 76.1 Å². The Morgan fingerprint density at radius 3 is 2.58 bits per heavy atom. The molecular weight excluding hydrogens is 334 g/mol. The third-order valence-corrected chi connectivity index (χ3v) is 4.63. The van der Waals surface area contributed by atoms with E-state index in [1.165, 1.54) is 0 Å². The summed E-state index contributed by atoms with van der Waals surface area (Å²) in [6.07, 6.45) is 0. The summed E-state index contributed by atoms with van der Waals surface area (Å²) >= 11 is 0. The van der Waals surface area contributed by atoms with Gasteiger partial charge in [0.05, 0.1) is 34.0 Å².